The van der Waals surface area contributed by atoms with Crippen LogP contribution in [-0.4, -0.2) is 33.9 Å². The zero-order valence-electron chi connectivity index (χ0n) is 15.8. The van der Waals surface area contributed by atoms with Crippen molar-refractivity contribution in [1.29, 1.82) is 0 Å². The largest absolute Gasteiger partial charge is 0.352 e. The first-order valence-corrected chi connectivity index (χ1v) is 10.4. The van der Waals surface area contributed by atoms with Gasteiger partial charge in [0.05, 0.1) is 5.92 Å². The van der Waals surface area contributed by atoms with Gasteiger partial charge in [-0.3, -0.25) is 4.79 Å². The summed E-state index contributed by atoms with van der Waals surface area (Å²) < 4.78 is 0. The predicted octanol–water partition coefficient (Wildman–Crippen LogP) is 3.44. The third-order valence-electron chi connectivity index (χ3n) is 4.89. The highest BCUT2D eigenvalue weighted by Gasteiger charge is 2.26. The molecule has 28 heavy (non-hydrogen) atoms. The second kappa shape index (κ2) is 8.48. The van der Waals surface area contributed by atoms with Crippen LogP contribution in [0, 0.1) is 12.8 Å². The SMILES string of the molecule is Cc1csc(-c2cccc(CNC(=O)[C@H]3CCCN(c4ncccn4)C3)c2)n1. The molecule has 0 spiro atoms. The molecule has 1 fully saturated rings. The van der Waals surface area contributed by atoms with E-state index in [1.54, 1.807) is 29.8 Å². The molecule has 1 aliphatic rings. The molecule has 6 nitrogen and oxygen atoms in total. The summed E-state index contributed by atoms with van der Waals surface area (Å²) in [6, 6.07) is 10.0. The first-order chi connectivity index (χ1) is 13.7. The topological polar surface area (TPSA) is 71.0 Å². The maximum atomic E-state index is 12.7. The Balaban J connectivity index is 1.36. The summed E-state index contributed by atoms with van der Waals surface area (Å²) in [5.41, 5.74) is 3.20. The lowest BCUT2D eigenvalue weighted by Gasteiger charge is -2.31. The van der Waals surface area contributed by atoms with Gasteiger partial charge in [-0.2, -0.15) is 0 Å². The number of benzene rings is 1. The first kappa shape index (κ1) is 18.6. The van der Waals surface area contributed by atoms with Crippen molar-refractivity contribution in [3.05, 3.63) is 59.4 Å². The van der Waals surface area contributed by atoms with Crippen molar-refractivity contribution in [3.8, 4) is 10.6 Å². The van der Waals surface area contributed by atoms with Gasteiger partial charge in [-0.15, -0.1) is 11.3 Å². The van der Waals surface area contributed by atoms with E-state index in [0.717, 1.165) is 41.2 Å². The molecule has 0 aliphatic carbocycles. The van der Waals surface area contributed by atoms with E-state index in [1.165, 1.54) is 0 Å². The Hall–Kier alpha value is -2.80. The molecule has 4 rings (SSSR count). The summed E-state index contributed by atoms with van der Waals surface area (Å²) in [6.45, 7) is 4.07. The Kier molecular flexibility index (Phi) is 5.62. The number of aromatic nitrogens is 3. The highest BCUT2D eigenvalue weighted by Crippen LogP contribution is 2.24. The van der Waals surface area contributed by atoms with Crippen LogP contribution in [-0.2, 0) is 11.3 Å². The van der Waals surface area contributed by atoms with Gasteiger partial charge < -0.3 is 10.2 Å². The molecule has 0 saturated carbocycles. The Morgan fingerprint density at radius 3 is 2.93 bits per heavy atom. The van der Waals surface area contributed by atoms with Crippen molar-refractivity contribution < 1.29 is 4.79 Å². The van der Waals surface area contributed by atoms with Gasteiger partial charge in [0.2, 0.25) is 11.9 Å². The molecule has 3 heterocycles. The summed E-state index contributed by atoms with van der Waals surface area (Å²) in [5.74, 6) is 0.755. The molecule has 144 valence electrons. The summed E-state index contributed by atoms with van der Waals surface area (Å²) in [5, 5.41) is 6.16. The number of aryl methyl sites for hydroxylation is 1. The number of carbonyl (C=O) groups is 1. The van der Waals surface area contributed by atoms with Crippen molar-refractivity contribution >= 4 is 23.2 Å². The van der Waals surface area contributed by atoms with Gasteiger partial charge >= 0.3 is 0 Å². The molecule has 1 aromatic carbocycles. The third kappa shape index (κ3) is 4.36. The Labute approximate surface area is 168 Å². The van der Waals surface area contributed by atoms with Crippen LogP contribution in [0.15, 0.2) is 48.1 Å². The molecule has 1 N–H and O–H groups in total. The fourth-order valence-corrected chi connectivity index (χ4v) is 4.26. The minimum absolute atomic E-state index is 0.0395. The standard InChI is InChI=1S/C21H23N5OS/c1-15-14-28-20(25-15)17-6-2-5-16(11-17)12-24-19(27)18-7-3-10-26(13-18)21-22-8-4-9-23-21/h2,4-6,8-9,11,14,18H,3,7,10,12-13H2,1H3,(H,24,27)/t18-/m0/s1. The molecule has 0 radical (unpaired) electrons. The van der Waals surface area contributed by atoms with E-state index in [9.17, 15) is 4.79 Å². The molecule has 2 aromatic heterocycles. The third-order valence-corrected chi connectivity index (χ3v) is 5.90. The second-order valence-corrected chi connectivity index (χ2v) is 7.90. The number of hydrogen-bond acceptors (Lipinski definition) is 6. The van der Waals surface area contributed by atoms with E-state index in [1.807, 2.05) is 19.1 Å². The van der Waals surface area contributed by atoms with Crippen LogP contribution in [0.5, 0.6) is 0 Å². The van der Waals surface area contributed by atoms with Gasteiger partial charge in [0.25, 0.3) is 0 Å². The average molecular weight is 394 g/mol. The maximum absolute atomic E-state index is 12.7. The average Bonchev–Trinajstić information content (AvgIpc) is 3.19. The molecule has 1 saturated heterocycles. The van der Waals surface area contributed by atoms with Crippen LogP contribution < -0.4 is 10.2 Å². The summed E-state index contributed by atoms with van der Waals surface area (Å²) in [7, 11) is 0. The number of amides is 1. The normalized spacial score (nSPS) is 16.8. The molecular weight excluding hydrogens is 370 g/mol. The molecule has 0 unspecified atom stereocenters. The lowest BCUT2D eigenvalue weighted by atomic mass is 9.97. The van der Waals surface area contributed by atoms with E-state index in [0.29, 0.717) is 19.0 Å². The van der Waals surface area contributed by atoms with E-state index >= 15 is 0 Å². The lowest BCUT2D eigenvalue weighted by molar-refractivity contribution is -0.125. The summed E-state index contributed by atoms with van der Waals surface area (Å²) in [4.78, 5) is 28.0. The highest BCUT2D eigenvalue weighted by molar-refractivity contribution is 7.13. The minimum Gasteiger partial charge on any atom is -0.352 e. The van der Waals surface area contributed by atoms with Crippen molar-refractivity contribution in [2.24, 2.45) is 5.92 Å². The molecule has 1 amide bonds. The molecule has 1 atom stereocenters. The molecular formula is C21H23N5OS. The van der Waals surface area contributed by atoms with Crippen LogP contribution in [0.4, 0.5) is 5.95 Å². The predicted molar refractivity (Wildman–Crippen MR) is 111 cm³/mol. The van der Waals surface area contributed by atoms with Crippen LogP contribution in [0.3, 0.4) is 0 Å². The molecule has 3 aromatic rings. The Morgan fingerprint density at radius 2 is 2.14 bits per heavy atom. The summed E-state index contributed by atoms with van der Waals surface area (Å²) in [6.07, 6.45) is 5.34. The monoisotopic (exact) mass is 393 g/mol. The summed E-state index contributed by atoms with van der Waals surface area (Å²) >= 11 is 1.64. The van der Waals surface area contributed by atoms with Gasteiger partial charge in [0.1, 0.15) is 5.01 Å². The zero-order chi connectivity index (χ0) is 19.3. The number of carbonyl (C=O) groups excluding carboxylic acids is 1. The molecule has 0 bridgehead atoms. The van der Waals surface area contributed by atoms with Crippen molar-refractivity contribution in [1.82, 2.24) is 20.3 Å². The lowest BCUT2D eigenvalue weighted by Crippen LogP contribution is -2.43. The van der Waals surface area contributed by atoms with Gasteiger partial charge in [-0.25, -0.2) is 15.0 Å². The maximum Gasteiger partial charge on any atom is 0.225 e. The van der Waals surface area contributed by atoms with E-state index in [4.69, 9.17) is 0 Å². The fraction of sp³-hybridized carbons (Fsp3) is 0.333. The van der Waals surface area contributed by atoms with E-state index in [-0.39, 0.29) is 11.8 Å². The number of nitrogens with zero attached hydrogens (tertiary/aromatic N) is 4. The van der Waals surface area contributed by atoms with Crippen molar-refractivity contribution in [3.63, 3.8) is 0 Å². The van der Waals surface area contributed by atoms with Crippen molar-refractivity contribution in [2.75, 3.05) is 18.0 Å². The number of piperidine rings is 1. The Morgan fingerprint density at radius 1 is 1.29 bits per heavy atom. The van der Waals surface area contributed by atoms with Crippen molar-refractivity contribution in [2.45, 2.75) is 26.3 Å². The van der Waals surface area contributed by atoms with Crippen LogP contribution >= 0.6 is 11.3 Å². The zero-order valence-corrected chi connectivity index (χ0v) is 16.7. The minimum atomic E-state index is -0.0395. The fourth-order valence-electron chi connectivity index (χ4n) is 3.46. The van der Waals surface area contributed by atoms with E-state index < -0.39 is 0 Å². The van der Waals surface area contributed by atoms with Gasteiger partial charge in [0, 0.05) is 48.7 Å². The van der Waals surface area contributed by atoms with Gasteiger partial charge in [-0.1, -0.05) is 18.2 Å². The number of nitrogens with one attached hydrogen (secondary N) is 1. The quantitative estimate of drug-likeness (QED) is 0.719. The second-order valence-electron chi connectivity index (χ2n) is 7.05. The number of rotatable bonds is 5. The highest BCUT2D eigenvalue weighted by atomic mass is 32.1. The molecule has 7 heteroatoms. The number of anilines is 1. The first-order valence-electron chi connectivity index (χ1n) is 9.50. The van der Waals surface area contributed by atoms with Crippen LogP contribution in [0.25, 0.3) is 10.6 Å². The van der Waals surface area contributed by atoms with Crippen LogP contribution in [0.2, 0.25) is 0 Å². The number of hydrogen-bond donors (Lipinski definition) is 1. The van der Waals surface area contributed by atoms with Crippen LogP contribution in [0.1, 0.15) is 24.1 Å². The smallest absolute Gasteiger partial charge is 0.225 e. The van der Waals surface area contributed by atoms with Gasteiger partial charge in [-0.05, 0) is 37.5 Å². The molecule has 1 aliphatic heterocycles. The Bertz CT molecular complexity index is 943. The number of thiazole rings is 1. The van der Waals surface area contributed by atoms with Gasteiger partial charge in [0.15, 0.2) is 0 Å². The van der Waals surface area contributed by atoms with E-state index in [2.05, 4.69) is 42.7 Å².